The van der Waals surface area contributed by atoms with Gasteiger partial charge in [-0.15, -0.1) is 12.4 Å². The number of hydrogen-bond acceptors (Lipinski definition) is 1. The zero-order chi connectivity index (χ0) is 4.99. The van der Waals surface area contributed by atoms with Gasteiger partial charge in [0.05, 0.1) is 0 Å². The van der Waals surface area contributed by atoms with Gasteiger partial charge in [0, 0.05) is 0 Å². The molecule has 0 aliphatic rings. The molecule has 0 aromatic heterocycles. The van der Waals surface area contributed by atoms with E-state index in [2.05, 4.69) is 13.8 Å². The fourth-order valence-corrected chi connectivity index (χ4v) is 1.36. The molecule has 0 amide bonds. The SMILES string of the molecule is CC(C)C[O][Hf].Cl. The largest absolute Gasteiger partial charge is 0.147 e. The van der Waals surface area contributed by atoms with Gasteiger partial charge >= 0.3 is 54.0 Å². The van der Waals surface area contributed by atoms with Crippen molar-refractivity contribution in [2.75, 3.05) is 6.61 Å². The van der Waals surface area contributed by atoms with E-state index < -0.39 is 0 Å². The van der Waals surface area contributed by atoms with Crippen LogP contribution in [0.25, 0.3) is 0 Å². The van der Waals surface area contributed by atoms with Crippen molar-refractivity contribution < 1.29 is 27.7 Å². The molecule has 0 saturated carbocycles. The van der Waals surface area contributed by atoms with Gasteiger partial charge in [0.15, 0.2) is 0 Å². The summed E-state index contributed by atoms with van der Waals surface area (Å²) in [5, 5.41) is 0. The topological polar surface area (TPSA) is 9.23 Å². The third-order valence-electron chi connectivity index (χ3n) is 0.417. The summed E-state index contributed by atoms with van der Waals surface area (Å²) in [6.07, 6.45) is 0. The van der Waals surface area contributed by atoms with Gasteiger partial charge in [-0.2, -0.15) is 0 Å². The van der Waals surface area contributed by atoms with Crippen LogP contribution in [0.15, 0.2) is 0 Å². The van der Waals surface area contributed by atoms with Crippen molar-refractivity contribution in [3.63, 3.8) is 0 Å². The quantitative estimate of drug-likeness (QED) is 0.700. The van der Waals surface area contributed by atoms with Crippen LogP contribution in [0.1, 0.15) is 13.8 Å². The Kier molecular flexibility index (Phi) is 11.2. The van der Waals surface area contributed by atoms with E-state index >= 15 is 0 Å². The van der Waals surface area contributed by atoms with Crippen molar-refractivity contribution in [1.29, 1.82) is 0 Å². The molecule has 0 fully saturated rings. The van der Waals surface area contributed by atoms with E-state index in [9.17, 15) is 0 Å². The van der Waals surface area contributed by atoms with Crippen molar-refractivity contribution in [2.24, 2.45) is 5.92 Å². The molecule has 0 aliphatic carbocycles. The van der Waals surface area contributed by atoms with Gasteiger partial charge in [0.2, 0.25) is 0 Å². The standard InChI is InChI=1S/C4H9O.ClH.Hf/c1-4(2)3-5;;/h4H,3H2,1-2H3;1H;/q-1;;+1. The molecule has 0 bridgehead atoms. The average molecular weight is 288 g/mol. The average Bonchev–Trinajstić information content (AvgIpc) is 1.35. The zero-order valence-electron chi connectivity index (χ0n) is 4.60. The second-order valence-corrected chi connectivity index (χ2v) is 2.74. The molecule has 0 atom stereocenters. The normalized spacial score (nSPS) is 8.29. The first-order chi connectivity index (χ1) is 2.77. The van der Waals surface area contributed by atoms with Crippen molar-refractivity contribution >= 4 is 12.4 Å². The molecular formula is C4H10ClHfO. The van der Waals surface area contributed by atoms with E-state index in [1.165, 1.54) is 0 Å². The Hall–Kier alpha value is 1.12. The van der Waals surface area contributed by atoms with E-state index in [1.54, 1.807) is 0 Å². The Morgan fingerprint density at radius 1 is 1.57 bits per heavy atom. The molecule has 0 aromatic carbocycles. The minimum absolute atomic E-state index is 0. The molecule has 0 aliphatic heterocycles. The molecule has 0 unspecified atom stereocenters. The van der Waals surface area contributed by atoms with Crippen LogP contribution in [-0.4, -0.2) is 6.61 Å². The Morgan fingerprint density at radius 2 is 2.00 bits per heavy atom. The second kappa shape index (κ2) is 7.12. The predicted octanol–water partition coefficient (Wildman–Crippen LogP) is 1.54. The van der Waals surface area contributed by atoms with Gasteiger partial charge in [-0.1, -0.05) is 0 Å². The minimum atomic E-state index is 0. The van der Waals surface area contributed by atoms with Crippen LogP contribution in [0.2, 0.25) is 0 Å². The summed E-state index contributed by atoms with van der Waals surface area (Å²) in [7, 11) is 0. The smallest absolute Gasteiger partial charge is 0.147 e. The van der Waals surface area contributed by atoms with Crippen LogP contribution in [0, 0.1) is 5.92 Å². The maximum atomic E-state index is 4.94. The zero-order valence-corrected chi connectivity index (χ0v) is 9.01. The van der Waals surface area contributed by atoms with Gasteiger partial charge in [0.1, 0.15) is 0 Å². The maximum absolute atomic E-state index is 4.94. The summed E-state index contributed by atoms with van der Waals surface area (Å²) in [6.45, 7) is 5.24. The van der Waals surface area contributed by atoms with Crippen LogP contribution in [0.5, 0.6) is 0 Å². The summed E-state index contributed by atoms with van der Waals surface area (Å²) >= 11 is 0.887. The summed E-state index contributed by atoms with van der Waals surface area (Å²) in [4.78, 5) is 0. The molecule has 0 rings (SSSR count). The summed E-state index contributed by atoms with van der Waals surface area (Å²) in [5.41, 5.74) is 0. The molecule has 1 nitrogen and oxygen atoms in total. The molecule has 3 heteroatoms. The van der Waals surface area contributed by atoms with Crippen LogP contribution < -0.4 is 0 Å². The van der Waals surface area contributed by atoms with Crippen molar-refractivity contribution in [1.82, 2.24) is 0 Å². The second-order valence-electron chi connectivity index (χ2n) is 1.70. The van der Waals surface area contributed by atoms with Gasteiger partial charge in [-0.05, 0) is 0 Å². The first-order valence-corrected chi connectivity index (χ1v) is 3.52. The molecule has 0 heterocycles. The molecule has 7 heavy (non-hydrogen) atoms. The summed E-state index contributed by atoms with van der Waals surface area (Å²) in [5.74, 6) is 0.711. The summed E-state index contributed by atoms with van der Waals surface area (Å²) in [6, 6.07) is 0. The van der Waals surface area contributed by atoms with Crippen molar-refractivity contribution in [3.8, 4) is 0 Å². The van der Waals surface area contributed by atoms with E-state index in [0.717, 1.165) is 31.4 Å². The Morgan fingerprint density at radius 3 is 2.00 bits per heavy atom. The van der Waals surface area contributed by atoms with Gasteiger partial charge in [-0.25, -0.2) is 0 Å². The Balaban J connectivity index is 0. The first kappa shape index (κ1) is 11.0. The van der Waals surface area contributed by atoms with Crippen molar-refractivity contribution in [2.45, 2.75) is 13.8 Å². The molecule has 0 N–H and O–H groups in total. The molecule has 43 valence electrons. The number of rotatable bonds is 2. The fourth-order valence-electron chi connectivity index (χ4n) is 0.167. The monoisotopic (exact) mass is 289 g/mol. The van der Waals surface area contributed by atoms with Crippen LogP contribution in [0.4, 0.5) is 0 Å². The fraction of sp³-hybridized carbons (Fsp3) is 1.00. The molecule has 0 saturated heterocycles. The van der Waals surface area contributed by atoms with E-state index in [0.29, 0.717) is 5.92 Å². The molecular weight excluding hydrogens is 278 g/mol. The Bertz CT molecular complexity index is 32.9. The predicted molar refractivity (Wildman–Crippen MR) is 28.0 cm³/mol. The van der Waals surface area contributed by atoms with Gasteiger partial charge in [-0.3, -0.25) is 0 Å². The minimum Gasteiger partial charge on any atom is -0.147 e. The molecule has 0 radical (unpaired) electrons. The summed E-state index contributed by atoms with van der Waals surface area (Å²) < 4.78 is 4.94. The third-order valence-corrected chi connectivity index (χ3v) is 1.02. The van der Waals surface area contributed by atoms with Gasteiger partial charge in [0.25, 0.3) is 0 Å². The van der Waals surface area contributed by atoms with E-state index in [4.69, 9.17) is 2.85 Å². The molecule has 0 aromatic rings. The van der Waals surface area contributed by atoms with Crippen LogP contribution in [-0.2, 0) is 27.7 Å². The maximum Gasteiger partial charge on any atom is -0.147 e. The number of halogens is 1. The van der Waals surface area contributed by atoms with Crippen LogP contribution in [0.3, 0.4) is 0 Å². The van der Waals surface area contributed by atoms with Crippen LogP contribution >= 0.6 is 12.4 Å². The van der Waals surface area contributed by atoms with Gasteiger partial charge < -0.3 is 0 Å². The third kappa shape index (κ3) is 11.0. The van der Waals surface area contributed by atoms with E-state index in [-0.39, 0.29) is 12.4 Å². The number of hydrogen-bond donors (Lipinski definition) is 0. The molecule has 0 spiro atoms. The first-order valence-electron chi connectivity index (χ1n) is 2.06. The Labute approximate surface area is 66.4 Å². The van der Waals surface area contributed by atoms with E-state index in [1.807, 2.05) is 0 Å². The van der Waals surface area contributed by atoms with Crippen molar-refractivity contribution in [3.05, 3.63) is 0 Å².